The molecule has 0 amide bonds. The standard InChI is InChI=1S/C22H23FN4O5S/c1-13(2)17-12-33-19(24-17)11-32-14-3-4-27-18(9-14)25-20(26-5-7-31-8-6-26)15(21(27)28)10-16(23)22(29)30/h3-4,9-10,12-13H,5-8,11H2,1-2H3,(H,29,30)/b16-10-. The molecular weight excluding hydrogens is 451 g/mol. The maximum atomic E-state index is 13.9. The van der Waals surface area contributed by atoms with Crippen LogP contribution in [0.1, 0.15) is 36.0 Å². The molecule has 0 spiro atoms. The Morgan fingerprint density at radius 3 is 2.79 bits per heavy atom. The van der Waals surface area contributed by atoms with Crippen LogP contribution >= 0.6 is 11.3 Å². The maximum absolute atomic E-state index is 13.9. The van der Waals surface area contributed by atoms with Gasteiger partial charge in [-0.1, -0.05) is 13.8 Å². The third-order valence-electron chi connectivity index (χ3n) is 5.13. The van der Waals surface area contributed by atoms with Crippen LogP contribution in [-0.4, -0.2) is 51.7 Å². The topological polar surface area (TPSA) is 106 Å². The number of thiazole rings is 1. The van der Waals surface area contributed by atoms with Crippen molar-refractivity contribution in [3.05, 3.63) is 56.2 Å². The lowest BCUT2D eigenvalue weighted by molar-refractivity contribution is -0.134. The molecule has 1 aliphatic heterocycles. The quantitative estimate of drug-likeness (QED) is 0.521. The number of anilines is 1. The number of hydrogen-bond donors (Lipinski definition) is 1. The summed E-state index contributed by atoms with van der Waals surface area (Å²) in [5.74, 6) is -2.15. The number of aromatic nitrogens is 3. The Morgan fingerprint density at radius 1 is 1.36 bits per heavy atom. The number of morpholine rings is 1. The van der Waals surface area contributed by atoms with Crippen LogP contribution in [0.5, 0.6) is 5.75 Å². The molecule has 1 N–H and O–H groups in total. The molecular formula is C22H23FN4O5S. The van der Waals surface area contributed by atoms with Crippen molar-refractivity contribution in [2.45, 2.75) is 26.4 Å². The van der Waals surface area contributed by atoms with Gasteiger partial charge in [-0.3, -0.25) is 9.20 Å². The van der Waals surface area contributed by atoms with Gasteiger partial charge in [0.25, 0.3) is 5.56 Å². The second-order valence-electron chi connectivity index (χ2n) is 7.75. The molecule has 9 nitrogen and oxygen atoms in total. The largest absolute Gasteiger partial charge is 0.486 e. The van der Waals surface area contributed by atoms with Gasteiger partial charge in [-0.25, -0.2) is 14.8 Å². The Labute approximate surface area is 192 Å². The summed E-state index contributed by atoms with van der Waals surface area (Å²) in [6, 6.07) is 3.21. The van der Waals surface area contributed by atoms with Crippen molar-refractivity contribution in [1.82, 2.24) is 14.4 Å². The molecule has 4 rings (SSSR count). The summed E-state index contributed by atoms with van der Waals surface area (Å²) < 4.78 is 26.4. The van der Waals surface area contributed by atoms with Crippen molar-refractivity contribution < 1.29 is 23.8 Å². The van der Waals surface area contributed by atoms with Gasteiger partial charge in [-0.05, 0) is 18.1 Å². The molecule has 4 heterocycles. The van der Waals surface area contributed by atoms with Crippen molar-refractivity contribution in [2.75, 3.05) is 31.2 Å². The van der Waals surface area contributed by atoms with E-state index in [2.05, 4.69) is 23.8 Å². The Balaban J connectivity index is 1.70. The lowest BCUT2D eigenvalue weighted by Crippen LogP contribution is -2.38. The molecule has 0 aliphatic carbocycles. The summed E-state index contributed by atoms with van der Waals surface area (Å²) in [5, 5.41) is 11.8. The lowest BCUT2D eigenvalue weighted by atomic mass is 10.2. The summed E-state index contributed by atoms with van der Waals surface area (Å²) in [4.78, 5) is 35.0. The number of aliphatic carboxylic acids is 1. The molecule has 0 bridgehead atoms. The zero-order valence-corrected chi connectivity index (χ0v) is 19.0. The first kappa shape index (κ1) is 22.9. The van der Waals surface area contributed by atoms with Crippen molar-refractivity contribution in [2.24, 2.45) is 0 Å². The van der Waals surface area contributed by atoms with E-state index in [1.165, 1.54) is 21.9 Å². The number of carbonyl (C=O) groups is 1. The smallest absolute Gasteiger partial charge is 0.364 e. The van der Waals surface area contributed by atoms with Crippen molar-refractivity contribution >= 4 is 34.8 Å². The molecule has 0 radical (unpaired) electrons. The third kappa shape index (κ3) is 5.04. The summed E-state index contributed by atoms with van der Waals surface area (Å²) in [6.45, 7) is 6.14. The minimum absolute atomic E-state index is 0.132. The first-order chi connectivity index (χ1) is 15.8. The fourth-order valence-electron chi connectivity index (χ4n) is 3.34. The second kappa shape index (κ2) is 9.67. The van der Waals surface area contributed by atoms with Crippen molar-refractivity contribution in [3.8, 4) is 5.75 Å². The van der Waals surface area contributed by atoms with E-state index in [1.807, 2.05) is 5.38 Å². The predicted molar refractivity (Wildman–Crippen MR) is 122 cm³/mol. The Kier molecular flexibility index (Phi) is 6.70. The summed E-state index contributed by atoms with van der Waals surface area (Å²) in [5.41, 5.74) is 0.599. The first-order valence-corrected chi connectivity index (χ1v) is 11.3. The molecule has 0 aromatic carbocycles. The van der Waals surface area contributed by atoms with Gasteiger partial charge in [0.05, 0.1) is 24.5 Å². The Bertz CT molecular complexity index is 1260. The number of fused-ring (bicyclic) bond motifs is 1. The molecule has 11 heteroatoms. The number of carboxylic acids is 1. The number of ether oxygens (including phenoxy) is 2. The molecule has 1 saturated heterocycles. The SMILES string of the molecule is CC(C)c1csc(COc2ccn3c(=O)c(/C=C(\F)C(=O)O)c(N4CCOCC4)nc3c2)n1. The van der Waals surface area contributed by atoms with Crippen LogP contribution in [-0.2, 0) is 16.1 Å². The maximum Gasteiger partial charge on any atom is 0.364 e. The first-order valence-electron chi connectivity index (χ1n) is 10.4. The van der Waals surface area contributed by atoms with E-state index in [-0.39, 0.29) is 18.0 Å². The van der Waals surface area contributed by atoms with Crippen LogP contribution in [0, 0.1) is 0 Å². The summed E-state index contributed by atoms with van der Waals surface area (Å²) in [7, 11) is 0. The fourth-order valence-corrected chi connectivity index (χ4v) is 4.21. The molecule has 0 unspecified atom stereocenters. The zero-order chi connectivity index (χ0) is 23.5. The highest BCUT2D eigenvalue weighted by molar-refractivity contribution is 7.09. The monoisotopic (exact) mass is 474 g/mol. The van der Waals surface area contributed by atoms with Gasteiger partial charge < -0.3 is 19.5 Å². The van der Waals surface area contributed by atoms with E-state index in [0.717, 1.165) is 10.7 Å². The molecule has 1 aliphatic rings. The van der Waals surface area contributed by atoms with Crippen LogP contribution < -0.4 is 15.2 Å². The van der Waals surface area contributed by atoms with Gasteiger partial charge in [-0.15, -0.1) is 11.3 Å². The van der Waals surface area contributed by atoms with Crippen molar-refractivity contribution in [1.29, 1.82) is 0 Å². The van der Waals surface area contributed by atoms with Crippen molar-refractivity contribution in [3.63, 3.8) is 0 Å². The predicted octanol–water partition coefficient (Wildman–Crippen LogP) is 3.09. The average molecular weight is 475 g/mol. The van der Waals surface area contributed by atoms with Crippen LogP contribution in [0.25, 0.3) is 11.7 Å². The number of nitrogens with zero attached hydrogens (tertiary/aromatic N) is 4. The zero-order valence-electron chi connectivity index (χ0n) is 18.2. The number of halogens is 1. The van der Waals surface area contributed by atoms with Crippen LogP contribution in [0.15, 0.2) is 34.3 Å². The minimum atomic E-state index is -1.75. The number of carboxylic acid groups (broad SMARTS) is 1. The molecule has 174 valence electrons. The van der Waals surface area contributed by atoms with Gasteiger partial charge >= 0.3 is 5.97 Å². The van der Waals surface area contributed by atoms with Gasteiger partial charge in [0.1, 0.15) is 28.8 Å². The summed E-state index contributed by atoms with van der Waals surface area (Å²) in [6.07, 6.45) is 2.19. The van der Waals surface area contributed by atoms with E-state index in [0.29, 0.717) is 49.7 Å². The molecule has 3 aromatic heterocycles. The molecule has 33 heavy (non-hydrogen) atoms. The van der Waals surface area contributed by atoms with Gasteiger partial charge in [0, 0.05) is 30.7 Å². The highest BCUT2D eigenvalue weighted by Gasteiger charge is 2.21. The van der Waals surface area contributed by atoms with E-state index >= 15 is 0 Å². The van der Waals surface area contributed by atoms with E-state index in [9.17, 15) is 14.0 Å². The second-order valence-corrected chi connectivity index (χ2v) is 8.69. The minimum Gasteiger partial charge on any atom is -0.486 e. The third-order valence-corrected chi connectivity index (χ3v) is 5.97. The lowest BCUT2D eigenvalue weighted by Gasteiger charge is -2.29. The average Bonchev–Trinajstić information content (AvgIpc) is 3.29. The molecule has 0 atom stereocenters. The number of pyridine rings is 1. The summed E-state index contributed by atoms with van der Waals surface area (Å²) >= 11 is 1.52. The molecule has 3 aromatic rings. The fraction of sp³-hybridized carbons (Fsp3) is 0.364. The van der Waals surface area contributed by atoms with Crippen LogP contribution in [0.4, 0.5) is 10.2 Å². The van der Waals surface area contributed by atoms with Gasteiger partial charge in [-0.2, -0.15) is 4.39 Å². The normalized spacial score (nSPS) is 14.8. The highest BCUT2D eigenvalue weighted by atomic mass is 32.1. The van der Waals surface area contributed by atoms with E-state index < -0.39 is 17.4 Å². The number of rotatable bonds is 7. The van der Waals surface area contributed by atoms with E-state index in [4.69, 9.17) is 14.6 Å². The van der Waals surface area contributed by atoms with Gasteiger partial charge in [0.2, 0.25) is 5.83 Å². The Morgan fingerprint density at radius 2 is 2.12 bits per heavy atom. The Hall–Kier alpha value is -3.31. The van der Waals surface area contributed by atoms with Gasteiger partial charge in [0.15, 0.2) is 0 Å². The molecule has 1 fully saturated rings. The molecule has 0 saturated carbocycles. The van der Waals surface area contributed by atoms with Crippen LogP contribution in [0.3, 0.4) is 0 Å². The van der Waals surface area contributed by atoms with E-state index in [1.54, 1.807) is 17.0 Å². The number of hydrogen-bond acceptors (Lipinski definition) is 8. The van der Waals surface area contributed by atoms with Crippen LogP contribution in [0.2, 0.25) is 0 Å². The highest BCUT2D eigenvalue weighted by Crippen LogP contribution is 2.24.